The Morgan fingerprint density at radius 2 is 2.13 bits per heavy atom. The number of aromatic nitrogens is 3. The summed E-state index contributed by atoms with van der Waals surface area (Å²) in [5.41, 5.74) is 0.533. The Hall–Kier alpha value is -1.63. The fraction of sp³-hybridized carbons (Fsp3) is 0.812. The van der Waals surface area contributed by atoms with Gasteiger partial charge in [0.2, 0.25) is 0 Å². The quantitative estimate of drug-likeness (QED) is 0.849. The zero-order valence-electron chi connectivity index (χ0n) is 14.9. The van der Waals surface area contributed by atoms with Gasteiger partial charge in [-0.05, 0) is 34.1 Å². The van der Waals surface area contributed by atoms with E-state index in [1.165, 1.54) is 0 Å². The van der Waals surface area contributed by atoms with E-state index in [1.807, 2.05) is 31.6 Å². The van der Waals surface area contributed by atoms with Gasteiger partial charge in [-0.2, -0.15) is 0 Å². The van der Waals surface area contributed by atoms with Crippen molar-refractivity contribution in [2.75, 3.05) is 19.6 Å². The standard InChI is InChI=1S/C16H29N5O2/c1-6-7-21-12-14(17-18-21)11-19-8-9-20(10-13(19)2)15(22)23-16(3,4)5/h12-13H,6-11H2,1-5H3. The summed E-state index contributed by atoms with van der Waals surface area (Å²) in [7, 11) is 0. The van der Waals surface area contributed by atoms with Crippen LogP contribution in [0, 0.1) is 0 Å². The highest BCUT2D eigenvalue weighted by molar-refractivity contribution is 5.68. The number of rotatable bonds is 4. The molecule has 0 saturated carbocycles. The second-order valence-corrected chi connectivity index (χ2v) is 7.22. The van der Waals surface area contributed by atoms with E-state index in [0.29, 0.717) is 13.1 Å². The minimum atomic E-state index is -0.449. The molecular formula is C16H29N5O2. The van der Waals surface area contributed by atoms with E-state index < -0.39 is 5.60 Å². The van der Waals surface area contributed by atoms with Crippen LogP contribution < -0.4 is 0 Å². The van der Waals surface area contributed by atoms with Crippen molar-refractivity contribution in [1.82, 2.24) is 24.8 Å². The van der Waals surface area contributed by atoms with Crippen molar-refractivity contribution in [3.63, 3.8) is 0 Å². The van der Waals surface area contributed by atoms with E-state index in [4.69, 9.17) is 4.74 Å². The molecule has 0 bridgehead atoms. The van der Waals surface area contributed by atoms with Crippen LogP contribution in [0.3, 0.4) is 0 Å². The summed E-state index contributed by atoms with van der Waals surface area (Å²) < 4.78 is 7.34. The van der Waals surface area contributed by atoms with Crippen molar-refractivity contribution in [2.45, 2.75) is 65.8 Å². The lowest BCUT2D eigenvalue weighted by Gasteiger charge is -2.39. The van der Waals surface area contributed by atoms with Gasteiger partial charge in [-0.1, -0.05) is 12.1 Å². The number of nitrogens with zero attached hydrogens (tertiary/aromatic N) is 5. The second-order valence-electron chi connectivity index (χ2n) is 7.22. The molecule has 130 valence electrons. The first-order valence-electron chi connectivity index (χ1n) is 8.39. The van der Waals surface area contributed by atoms with Crippen LogP contribution in [-0.4, -0.2) is 62.2 Å². The van der Waals surface area contributed by atoms with Crippen molar-refractivity contribution in [2.24, 2.45) is 0 Å². The number of piperazine rings is 1. The minimum Gasteiger partial charge on any atom is -0.444 e. The third-order valence-electron chi connectivity index (χ3n) is 3.82. The molecule has 1 aromatic rings. The third kappa shape index (κ3) is 5.20. The topological polar surface area (TPSA) is 63.5 Å². The van der Waals surface area contributed by atoms with Gasteiger partial charge in [0.15, 0.2) is 0 Å². The van der Waals surface area contributed by atoms with Crippen LogP contribution in [-0.2, 0) is 17.8 Å². The van der Waals surface area contributed by atoms with Crippen LogP contribution in [0.5, 0.6) is 0 Å². The first-order valence-corrected chi connectivity index (χ1v) is 8.39. The molecule has 1 saturated heterocycles. The smallest absolute Gasteiger partial charge is 0.410 e. The van der Waals surface area contributed by atoms with Gasteiger partial charge in [-0.3, -0.25) is 9.58 Å². The summed E-state index contributed by atoms with van der Waals surface area (Å²) >= 11 is 0. The molecule has 1 amide bonds. The lowest BCUT2D eigenvalue weighted by Crippen LogP contribution is -2.54. The molecule has 2 heterocycles. The molecule has 0 radical (unpaired) electrons. The van der Waals surface area contributed by atoms with Gasteiger partial charge in [0.1, 0.15) is 5.60 Å². The van der Waals surface area contributed by atoms with Gasteiger partial charge in [0.05, 0.1) is 5.69 Å². The molecule has 0 N–H and O–H groups in total. The SMILES string of the molecule is CCCn1cc(CN2CCN(C(=O)OC(C)(C)C)CC2C)nn1. The molecule has 1 aliphatic heterocycles. The van der Waals surface area contributed by atoms with Gasteiger partial charge in [-0.15, -0.1) is 5.10 Å². The summed E-state index contributed by atoms with van der Waals surface area (Å²) in [4.78, 5) is 16.3. The first kappa shape index (κ1) is 17.7. The van der Waals surface area contributed by atoms with Crippen molar-refractivity contribution < 1.29 is 9.53 Å². The summed E-state index contributed by atoms with van der Waals surface area (Å²) in [6.45, 7) is 13.8. The number of aryl methyl sites for hydroxylation is 1. The molecule has 1 atom stereocenters. The van der Waals surface area contributed by atoms with E-state index in [2.05, 4.69) is 29.1 Å². The van der Waals surface area contributed by atoms with Crippen molar-refractivity contribution >= 4 is 6.09 Å². The molecule has 1 aromatic heterocycles. The molecule has 0 aromatic carbocycles. The number of amides is 1. The fourth-order valence-electron chi connectivity index (χ4n) is 2.68. The minimum absolute atomic E-state index is 0.224. The fourth-order valence-corrected chi connectivity index (χ4v) is 2.68. The lowest BCUT2D eigenvalue weighted by molar-refractivity contribution is 0.00444. The summed E-state index contributed by atoms with van der Waals surface area (Å²) in [5, 5.41) is 8.37. The third-order valence-corrected chi connectivity index (χ3v) is 3.82. The maximum atomic E-state index is 12.2. The van der Waals surface area contributed by atoms with Crippen LogP contribution >= 0.6 is 0 Å². The van der Waals surface area contributed by atoms with Crippen molar-refractivity contribution in [3.8, 4) is 0 Å². The van der Waals surface area contributed by atoms with E-state index in [9.17, 15) is 4.79 Å². The lowest BCUT2D eigenvalue weighted by atomic mass is 10.2. The van der Waals surface area contributed by atoms with Gasteiger partial charge in [-0.25, -0.2) is 4.79 Å². The van der Waals surface area contributed by atoms with Gasteiger partial charge in [0.25, 0.3) is 0 Å². The average molecular weight is 323 g/mol. The van der Waals surface area contributed by atoms with Gasteiger partial charge < -0.3 is 9.64 Å². The summed E-state index contributed by atoms with van der Waals surface area (Å²) in [5.74, 6) is 0. The Morgan fingerprint density at radius 1 is 1.39 bits per heavy atom. The Kier molecular flexibility index (Phi) is 5.62. The Bertz CT molecular complexity index is 523. The summed E-state index contributed by atoms with van der Waals surface area (Å²) in [6, 6.07) is 0.271. The van der Waals surface area contributed by atoms with Gasteiger partial charge in [0, 0.05) is 45.0 Å². The largest absolute Gasteiger partial charge is 0.444 e. The number of hydrogen-bond donors (Lipinski definition) is 0. The molecule has 1 fully saturated rings. The van der Waals surface area contributed by atoms with E-state index in [-0.39, 0.29) is 12.1 Å². The second kappa shape index (κ2) is 7.29. The predicted octanol–water partition coefficient (Wildman–Crippen LogP) is 2.13. The number of ether oxygens (including phenoxy) is 1. The Labute approximate surface area is 138 Å². The Balaban J connectivity index is 1.87. The van der Waals surface area contributed by atoms with E-state index >= 15 is 0 Å². The number of carbonyl (C=O) groups is 1. The monoisotopic (exact) mass is 323 g/mol. The highest BCUT2D eigenvalue weighted by Gasteiger charge is 2.30. The van der Waals surface area contributed by atoms with Crippen LogP contribution in [0.25, 0.3) is 0 Å². The van der Waals surface area contributed by atoms with Crippen LogP contribution in [0.15, 0.2) is 6.20 Å². The first-order chi connectivity index (χ1) is 10.8. The zero-order valence-corrected chi connectivity index (χ0v) is 14.9. The van der Waals surface area contributed by atoms with Gasteiger partial charge >= 0.3 is 6.09 Å². The summed E-state index contributed by atoms with van der Waals surface area (Å²) in [6.07, 6.45) is 2.84. The zero-order chi connectivity index (χ0) is 17.0. The molecule has 0 spiro atoms. The molecule has 1 unspecified atom stereocenters. The van der Waals surface area contributed by atoms with E-state index in [0.717, 1.165) is 31.7 Å². The van der Waals surface area contributed by atoms with Crippen LogP contribution in [0.2, 0.25) is 0 Å². The molecule has 1 aliphatic rings. The molecule has 0 aliphatic carbocycles. The predicted molar refractivity (Wildman–Crippen MR) is 88.0 cm³/mol. The highest BCUT2D eigenvalue weighted by Crippen LogP contribution is 2.16. The number of hydrogen-bond acceptors (Lipinski definition) is 5. The normalized spacial score (nSPS) is 19.9. The van der Waals surface area contributed by atoms with Crippen LogP contribution in [0.4, 0.5) is 4.79 Å². The molecular weight excluding hydrogens is 294 g/mol. The average Bonchev–Trinajstić information content (AvgIpc) is 2.87. The maximum absolute atomic E-state index is 12.2. The maximum Gasteiger partial charge on any atom is 0.410 e. The molecule has 23 heavy (non-hydrogen) atoms. The highest BCUT2D eigenvalue weighted by atomic mass is 16.6. The molecule has 7 nitrogen and oxygen atoms in total. The van der Waals surface area contributed by atoms with Crippen molar-refractivity contribution in [1.29, 1.82) is 0 Å². The Morgan fingerprint density at radius 3 is 2.74 bits per heavy atom. The molecule has 2 rings (SSSR count). The van der Waals surface area contributed by atoms with Crippen LogP contribution in [0.1, 0.15) is 46.7 Å². The molecule has 7 heteroatoms. The number of carbonyl (C=O) groups excluding carboxylic acids is 1. The van der Waals surface area contributed by atoms with E-state index in [1.54, 1.807) is 4.90 Å². The van der Waals surface area contributed by atoms with Crippen molar-refractivity contribution in [3.05, 3.63) is 11.9 Å².